The van der Waals surface area contributed by atoms with Gasteiger partial charge in [-0.2, -0.15) is 0 Å². The van der Waals surface area contributed by atoms with Gasteiger partial charge in [-0.25, -0.2) is 4.79 Å². The average molecular weight is 287 g/mol. The molecule has 1 saturated heterocycles. The monoisotopic (exact) mass is 287 g/mol. The summed E-state index contributed by atoms with van der Waals surface area (Å²) in [6, 6.07) is 8.82. The number of rotatable bonds is 4. The van der Waals surface area contributed by atoms with E-state index in [1.54, 1.807) is 6.08 Å². The average Bonchev–Trinajstić information content (AvgIpc) is 2.52. The van der Waals surface area contributed by atoms with Crippen molar-refractivity contribution in [3.63, 3.8) is 0 Å². The van der Waals surface area contributed by atoms with Gasteiger partial charge < -0.3 is 10.0 Å². The molecule has 2 unspecified atom stereocenters. The first-order chi connectivity index (χ1) is 10.1. The molecule has 4 heteroatoms. The lowest BCUT2D eigenvalue weighted by Gasteiger charge is -2.36. The van der Waals surface area contributed by atoms with Crippen molar-refractivity contribution in [3.05, 3.63) is 42.0 Å². The van der Waals surface area contributed by atoms with Crippen LogP contribution in [0.5, 0.6) is 0 Å². The molecule has 0 radical (unpaired) electrons. The van der Waals surface area contributed by atoms with E-state index in [1.807, 2.05) is 30.3 Å². The summed E-state index contributed by atoms with van der Waals surface area (Å²) in [7, 11) is 0. The zero-order chi connectivity index (χ0) is 15.2. The lowest BCUT2D eigenvalue weighted by Crippen LogP contribution is -2.49. The molecular formula is C17H21NO3. The maximum absolute atomic E-state index is 12.3. The highest BCUT2D eigenvalue weighted by molar-refractivity contribution is 5.94. The fourth-order valence-electron chi connectivity index (χ4n) is 2.73. The van der Waals surface area contributed by atoms with Crippen LogP contribution < -0.4 is 0 Å². The summed E-state index contributed by atoms with van der Waals surface area (Å²) >= 11 is 0. The number of hydrogen-bond donors (Lipinski definition) is 1. The van der Waals surface area contributed by atoms with Crippen LogP contribution in [0.2, 0.25) is 0 Å². The first kappa shape index (κ1) is 15.3. The minimum Gasteiger partial charge on any atom is -0.480 e. The molecule has 1 N–H and O–H groups in total. The second-order valence-electron chi connectivity index (χ2n) is 5.43. The van der Waals surface area contributed by atoms with Crippen LogP contribution in [0.15, 0.2) is 36.4 Å². The van der Waals surface area contributed by atoms with Crippen LogP contribution in [0.3, 0.4) is 0 Å². The summed E-state index contributed by atoms with van der Waals surface area (Å²) in [6.45, 7) is 2.59. The van der Waals surface area contributed by atoms with Crippen molar-refractivity contribution in [1.82, 2.24) is 4.90 Å². The predicted molar refractivity (Wildman–Crippen MR) is 81.6 cm³/mol. The lowest BCUT2D eigenvalue weighted by molar-refractivity contribution is -0.151. The number of likely N-dealkylation sites (tertiary alicyclic amines) is 1. The van der Waals surface area contributed by atoms with Gasteiger partial charge in [0.15, 0.2) is 0 Å². The molecule has 0 spiro atoms. The van der Waals surface area contributed by atoms with Crippen LogP contribution in [0, 0.1) is 5.92 Å². The van der Waals surface area contributed by atoms with Gasteiger partial charge in [0.2, 0.25) is 5.91 Å². The van der Waals surface area contributed by atoms with Crippen molar-refractivity contribution in [2.45, 2.75) is 32.2 Å². The van der Waals surface area contributed by atoms with Crippen molar-refractivity contribution in [2.75, 3.05) is 6.54 Å². The fraction of sp³-hybridized carbons (Fsp3) is 0.412. The molecule has 1 aromatic rings. The Balaban J connectivity index is 2.06. The van der Waals surface area contributed by atoms with Crippen molar-refractivity contribution >= 4 is 18.0 Å². The Hall–Kier alpha value is -2.10. The minimum atomic E-state index is -0.908. The van der Waals surface area contributed by atoms with Crippen LogP contribution in [0.25, 0.3) is 6.08 Å². The highest BCUT2D eigenvalue weighted by atomic mass is 16.4. The zero-order valence-corrected chi connectivity index (χ0v) is 12.2. The number of aliphatic carboxylic acids is 1. The van der Waals surface area contributed by atoms with Gasteiger partial charge in [0.25, 0.3) is 0 Å². The normalized spacial score (nSPS) is 22.4. The molecule has 2 atom stereocenters. The van der Waals surface area contributed by atoms with E-state index in [-0.39, 0.29) is 5.91 Å². The summed E-state index contributed by atoms with van der Waals surface area (Å²) in [6.07, 6.45) is 5.60. The summed E-state index contributed by atoms with van der Waals surface area (Å²) in [5.41, 5.74) is 0.932. The molecule has 0 bridgehead atoms. The number of amides is 1. The van der Waals surface area contributed by atoms with E-state index in [0.29, 0.717) is 18.9 Å². The molecule has 2 rings (SSSR count). The molecule has 1 amide bonds. The van der Waals surface area contributed by atoms with E-state index in [9.17, 15) is 14.7 Å². The smallest absolute Gasteiger partial charge is 0.326 e. The summed E-state index contributed by atoms with van der Waals surface area (Å²) < 4.78 is 0. The Morgan fingerprint density at radius 2 is 2.05 bits per heavy atom. The second-order valence-corrected chi connectivity index (χ2v) is 5.43. The maximum Gasteiger partial charge on any atom is 0.326 e. The molecule has 112 valence electrons. The molecular weight excluding hydrogens is 266 g/mol. The molecule has 0 saturated carbocycles. The van der Waals surface area contributed by atoms with E-state index in [4.69, 9.17) is 0 Å². The van der Waals surface area contributed by atoms with Gasteiger partial charge in [0.05, 0.1) is 0 Å². The Bertz CT molecular complexity index is 524. The third-order valence-corrected chi connectivity index (χ3v) is 4.07. The molecule has 1 heterocycles. The molecule has 1 aliphatic rings. The number of benzene rings is 1. The Morgan fingerprint density at radius 3 is 2.67 bits per heavy atom. The van der Waals surface area contributed by atoms with Crippen LogP contribution in [0.1, 0.15) is 31.7 Å². The number of piperidine rings is 1. The van der Waals surface area contributed by atoms with Gasteiger partial charge in [-0.05, 0) is 30.4 Å². The highest BCUT2D eigenvalue weighted by Gasteiger charge is 2.34. The van der Waals surface area contributed by atoms with E-state index in [0.717, 1.165) is 18.4 Å². The zero-order valence-electron chi connectivity index (χ0n) is 12.2. The van der Waals surface area contributed by atoms with E-state index < -0.39 is 12.0 Å². The fourth-order valence-corrected chi connectivity index (χ4v) is 2.73. The first-order valence-electron chi connectivity index (χ1n) is 7.38. The van der Waals surface area contributed by atoms with Gasteiger partial charge in [0.1, 0.15) is 6.04 Å². The predicted octanol–water partition coefficient (Wildman–Crippen LogP) is 2.80. The highest BCUT2D eigenvalue weighted by Crippen LogP contribution is 2.25. The molecule has 1 aromatic carbocycles. The van der Waals surface area contributed by atoms with Crippen LogP contribution in [-0.2, 0) is 9.59 Å². The Morgan fingerprint density at radius 1 is 1.33 bits per heavy atom. The number of carbonyl (C=O) groups is 2. The quantitative estimate of drug-likeness (QED) is 0.866. The van der Waals surface area contributed by atoms with Crippen LogP contribution >= 0.6 is 0 Å². The van der Waals surface area contributed by atoms with Crippen molar-refractivity contribution in [3.8, 4) is 0 Å². The van der Waals surface area contributed by atoms with Gasteiger partial charge in [-0.3, -0.25) is 4.79 Å². The standard InChI is InChI=1S/C17H21NO3/c1-2-13-10-11-18(15(12-13)17(20)21)16(19)9-8-14-6-4-3-5-7-14/h3-9,13,15H,2,10-12H2,1H3,(H,20,21)/b9-8+. The van der Waals surface area contributed by atoms with Gasteiger partial charge >= 0.3 is 5.97 Å². The van der Waals surface area contributed by atoms with Crippen LogP contribution in [0.4, 0.5) is 0 Å². The van der Waals surface area contributed by atoms with Gasteiger partial charge in [-0.1, -0.05) is 43.7 Å². The first-order valence-corrected chi connectivity index (χ1v) is 7.38. The third-order valence-electron chi connectivity index (χ3n) is 4.07. The Kier molecular flexibility index (Phi) is 5.14. The van der Waals surface area contributed by atoms with Crippen molar-refractivity contribution < 1.29 is 14.7 Å². The number of carboxylic acid groups (broad SMARTS) is 1. The second kappa shape index (κ2) is 7.07. The number of nitrogens with zero attached hydrogens (tertiary/aromatic N) is 1. The topological polar surface area (TPSA) is 57.6 Å². The summed E-state index contributed by atoms with van der Waals surface area (Å²) in [4.78, 5) is 25.1. The van der Waals surface area contributed by atoms with Crippen LogP contribution in [-0.4, -0.2) is 34.5 Å². The summed E-state index contributed by atoms with van der Waals surface area (Å²) in [5.74, 6) is -0.733. The maximum atomic E-state index is 12.3. The summed E-state index contributed by atoms with van der Waals surface area (Å²) in [5, 5.41) is 9.34. The number of carboxylic acids is 1. The van der Waals surface area contributed by atoms with E-state index in [2.05, 4.69) is 6.92 Å². The number of carbonyl (C=O) groups excluding carboxylic acids is 1. The minimum absolute atomic E-state index is 0.221. The largest absolute Gasteiger partial charge is 0.480 e. The van der Waals surface area contributed by atoms with E-state index >= 15 is 0 Å². The lowest BCUT2D eigenvalue weighted by atomic mass is 9.89. The molecule has 1 aliphatic heterocycles. The molecule has 4 nitrogen and oxygen atoms in total. The molecule has 0 aromatic heterocycles. The van der Waals surface area contributed by atoms with E-state index in [1.165, 1.54) is 11.0 Å². The molecule has 0 aliphatic carbocycles. The molecule has 21 heavy (non-hydrogen) atoms. The van der Waals surface area contributed by atoms with Crippen molar-refractivity contribution in [1.29, 1.82) is 0 Å². The SMILES string of the molecule is CCC1CCN(C(=O)/C=C/c2ccccc2)C(C(=O)O)C1. The third kappa shape index (κ3) is 3.94. The Labute approximate surface area is 125 Å². The van der Waals surface area contributed by atoms with Gasteiger partial charge in [-0.15, -0.1) is 0 Å². The van der Waals surface area contributed by atoms with Gasteiger partial charge in [0, 0.05) is 12.6 Å². The number of hydrogen-bond acceptors (Lipinski definition) is 2. The van der Waals surface area contributed by atoms with Crippen molar-refractivity contribution in [2.24, 2.45) is 5.92 Å². The molecule has 1 fully saturated rings.